The zero-order valence-corrected chi connectivity index (χ0v) is 12.0. The molecule has 0 spiro atoms. The van der Waals surface area contributed by atoms with Crippen molar-refractivity contribution in [3.63, 3.8) is 0 Å². The Morgan fingerprint density at radius 1 is 1.45 bits per heavy atom. The van der Waals surface area contributed by atoms with Gasteiger partial charge in [-0.15, -0.1) is 0 Å². The Bertz CT molecular complexity index is 515. The van der Waals surface area contributed by atoms with Crippen LogP contribution in [0.2, 0.25) is 0 Å². The molecule has 1 amide bonds. The normalized spacial score (nSPS) is 24.2. The van der Waals surface area contributed by atoms with Gasteiger partial charge in [0.15, 0.2) is 0 Å². The second-order valence-electron chi connectivity index (χ2n) is 5.91. The summed E-state index contributed by atoms with van der Waals surface area (Å²) in [5.41, 5.74) is 7.24. The van der Waals surface area contributed by atoms with Crippen LogP contribution in [0.5, 0.6) is 5.75 Å². The fraction of sp³-hybridized carbons (Fsp3) is 0.562. The van der Waals surface area contributed by atoms with Crippen LogP contribution in [0.25, 0.3) is 0 Å². The van der Waals surface area contributed by atoms with E-state index in [1.165, 1.54) is 19.3 Å². The van der Waals surface area contributed by atoms with E-state index in [1.807, 2.05) is 30.0 Å². The molecule has 4 heteroatoms. The molecule has 2 fully saturated rings. The van der Waals surface area contributed by atoms with Gasteiger partial charge in [-0.3, -0.25) is 4.79 Å². The lowest BCUT2D eigenvalue weighted by molar-refractivity contribution is 0.0703. The van der Waals surface area contributed by atoms with Crippen LogP contribution < -0.4 is 10.5 Å². The predicted molar refractivity (Wildman–Crippen MR) is 77.9 cm³/mol. The minimum atomic E-state index is 0.148. The molecule has 4 nitrogen and oxygen atoms in total. The van der Waals surface area contributed by atoms with E-state index in [1.54, 1.807) is 0 Å². The molecule has 2 atom stereocenters. The summed E-state index contributed by atoms with van der Waals surface area (Å²) in [5, 5.41) is 0. The lowest BCUT2D eigenvalue weighted by atomic mass is 10.1. The van der Waals surface area contributed by atoms with E-state index < -0.39 is 0 Å². The monoisotopic (exact) mass is 274 g/mol. The lowest BCUT2D eigenvalue weighted by Gasteiger charge is -2.27. The molecule has 1 saturated carbocycles. The number of carbonyl (C=O) groups excluding carboxylic acids is 1. The van der Waals surface area contributed by atoms with Gasteiger partial charge in [-0.2, -0.15) is 0 Å². The van der Waals surface area contributed by atoms with Crippen LogP contribution in [0.4, 0.5) is 0 Å². The minimum absolute atomic E-state index is 0.148. The Hall–Kier alpha value is -1.55. The average molecular weight is 274 g/mol. The first-order valence-corrected chi connectivity index (χ1v) is 7.43. The first kappa shape index (κ1) is 13.4. The van der Waals surface area contributed by atoms with Gasteiger partial charge in [0.1, 0.15) is 12.4 Å². The highest BCUT2D eigenvalue weighted by atomic mass is 16.5. The quantitative estimate of drug-likeness (QED) is 0.913. The Morgan fingerprint density at radius 2 is 2.30 bits per heavy atom. The van der Waals surface area contributed by atoms with Crippen LogP contribution >= 0.6 is 0 Å². The molecular weight excluding hydrogens is 252 g/mol. The second-order valence-corrected chi connectivity index (χ2v) is 5.91. The maximum atomic E-state index is 12.6. The third kappa shape index (κ3) is 2.40. The van der Waals surface area contributed by atoms with E-state index in [0.29, 0.717) is 19.2 Å². The van der Waals surface area contributed by atoms with Gasteiger partial charge in [-0.05, 0) is 49.8 Å². The van der Waals surface area contributed by atoms with Crippen molar-refractivity contribution in [3.8, 4) is 5.75 Å². The number of carbonyl (C=O) groups is 1. The van der Waals surface area contributed by atoms with E-state index in [4.69, 9.17) is 10.5 Å². The first-order valence-electron chi connectivity index (χ1n) is 7.43. The van der Waals surface area contributed by atoms with Crippen LogP contribution in [0.3, 0.4) is 0 Å². The van der Waals surface area contributed by atoms with Crippen molar-refractivity contribution in [1.29, 1.82) is 0 Å². The number of benzene rings is 1. The topological polar surface area (TPSA) is 55.6 Å². The fourth-order valence-corrected chi connectivity index (χ4v) is 3.40. The van der Waals surface area contributed by atoms with Crippen LogP contribution in [0, 0.1) is 12.8 Å². The Kier molecular flexibility index (Phi) is 3.66. The van der Waals surface area contributed by atoms with Crippen molar-refractivity contribution in [2.75, 3.05) is 19.7 Å². The number of ether oxygens (including phenoxy) is 1. The second kappa shape index (κ2) is 5.44. The van der Waals surface area contributed by atoms with Crippen LogP contribution in [-0.2, 0) is 0 Å². The third-order valence-electron chi connectivity index (χ3n) is 4.48. The van der Waals surface area contributed by atoms with E-state index in [9.17, 15) is 4.79 Å². The maximum Gasteiger partial charge on any atom is 0.254 e. The lowest BCUT2D eigenvalue weighted by Crippen LogP contribution is -2.37. The maximum absolute atomic E-state index is 12.6. The van der Waals surface area contributed by atoms with Crippen molar-refractivity contribution in [3.05, 3.63) is 29.3 Å². The van der Waals surface area contributed by atoms with Crippen LogP contribution in [0.15, 0.2) is 18.2 Å². The largest absolute Gasteiger partial charge is 0.492 e. The van der Waals surface area contributed by atoms with Crippen molar-refractivity contribution < 1.29 is 9.53 Å². The van der Waals surface area contributed by atoms with Crippen molar-refractivity contribution >= 4 is 5.91 Å². The summed E-state index contributed by atoms with van der Waals surface area (Å²) in [6, 6.07) is 6.17. The van der Waals surface area contributed by atoms with Crippen molar-refractivity contribution in [1.82, 2.24) is 4.90 Å². The van der Waals surface area contributed by atoms with Gasteiger partial charge < -0.3 is 15.4 Å². The molecule has 0 unspecified atom stereocenters. The number of likely N-dealkylation sites (tertiary alicyclic amines) is 1. The number of fused-ring (bicyclic) bond motifs is 2. The zero-order valence-electron chi connectivity index (χ0n) is 12.0. The highest BCUT2D eigenvalue weighted by Crippen LogP contribution is 2.38. The molecule has 3 rings (SSSR count). The van der Waals surface area contributed by atoms with E-state index in [2.05, 4.69) is 0 Å². The molecule has 1 aromatic carbocycles. The van der Waals surface area contributed by atoms with Gasteiger partial charge in [0.25, 0.3) is 5.91 Å². The molecule has 1 heterocycles. The van der Waals surface area contributed by atoms with Gasteiger partial charge in [0.2, 0.25) is 0 Å². The van der Waals surface area contributed by atoms with Gasteiger partial charge in [0, 0.05) is 24.7 Å². The summed E-state index contributed by atoms with van der Waals surface area (Å²) >= 11 is 0. The predicted octanol–water partition coefficient (Wildman–Crippen LogP) is 1.96. The molecule has 1 saturated heterocycles. The zero-order chi connectivity index (χ0) is 14.1. The summed E-state index contributed by atoms with van der Waals surface area (Å²) in [6.07, 6.45) is 3.64. The molecule has 1 aromatic rings. The number of hydrogen-bond acceptors (Lipinski definition) is 3. The van der Waals surface area contributed by atoms with Crippen molar-refractivity contribution in [2.45, 2.75) is 32.2 Å². The molecule has 20 heavy (non-hydrogen) atoms. The molecule has 0 radical (unpaired) electrons. The number of amides is 1. The van der Waals surface area contributed by atoms with Gasteiger partial charge in [-0.25, -0.2) is 0 Å². The summed E-state index contributed by atoms with van der Waals surface area (Å²) < 4.78 is 5.61. The number of nitrogens with zero attached hydrogens (tertiary/aromatic N) is 1. The molecule has 108 valence electrons. The summed E-state index contributed by atoms with van der Waals surface area (Å²) in [7, 11) is 0. The highest BCUT2D eigenvalue weighted by molar-refractivity contribution is 5.95. The van der Waals surface area contributed by atoms with E-state index in [-0.39, 0.29) is 5.91 Å². The Balaban J connectivity index is 1.77. The molecule has 2 aliphatic rings. The Labute approximate surface area is 119 Å². The number of hydrogen-bond donors (Lipinski definition) is 1. The minimum Gasteiger partial charge on any atom is -0.492 e. The molecule has 2 N–H and O–H groups in total. The Morgan fingerprint density at radius 3 is 2.95 bits per heavy atom. The van der Waals surface area contributed by atoms with Gasteiger partial charge in [-0.1, -0.05) is 6.07 Å². The molecule has 0 aromatic heterocycles. The smallest absolute Gasteiger partial charge is 0.254 e. The van der Waals surface area contributed by atoms with E-state index >= 15 is 0 Å². The number of nitrogens with two attached hydrogens (primary N) is 1. The molecule has 1 aliphatic carbocycles. The number of piperidine rings is 1. The van der Waals surface area contributed by atoms with Crippen LogP contribution in [0.1, 0.15) is 35.2 Å². The molecular formula is C16H22N2O2. The highest BCUT2D eigenvalue weighted by Gasteiger charge is 2.40. The fourth-order valence-electron chi connectivity index (χ4n) is 3.40. The van der Waals surface area contributed by atoms with Gasteiger partial charge >= 0.3 is 0 Å². The number of aryl methyl sites for hydroxylation is 1. The van der Waals surface area contributed by atoms with E-state index in [0.717, 1.165) is 29.3 Å². The SMILES string of the molecule is Cc1ccc(C(=O)N2C[C@H]3CC[C@H]2C3)cc1OCCN. The van der Waals surface area contributed by atoms with Crippen molar-refractivity contribution in [2.24, 2.45) is 11.7 Å². The average Bonchev–Trinajstić information content (AvgIpc) is 3.08. The van der Waals surface area contributed by atoms with Gasteiger partial charge in [0.05, 0.1) is 0 Å². The summed E-state index contributed by atoms with van der Waals surface area (Å²) in [6.45, 7) is 3.87. The summed E-state index contributed by atoms with van der Waals surface area (Å²) in [5.74, 6) is 1.64. The number of rotatable bonds is 4. The van der Waals surface area contributed by atoms with Crippen LogP contribution in [-0.4, -0.2) is 36.5 Å². The first-order chi connectivity index (χ1) is 9.69. The standard InChI is InChI=1S/C16H22N2O2/c1-11-2-4-13(9-15(11)20-7-6-17)16(19)18-10-12-3-5-14(18)8-12/h2,4,9,12,14H,3,5-8,10,17H2,1H3/t12-,14-/m0/s1. The molecule has 2 bridgehead atoms. The summed E-state index contributed by atoms with van der Waals surface area (Å²) in [4.78, 5) is 14.7. The third-order valence-corrected chi connectivity index (χ3v) is 4.48. The molecule has 1 aliphatic heterocycles.